The van der Waals surface area contributed by atoms with Crippen molar-refractivity contribution in [1.29, 1.82) is 0 Å². The molecule has 5 nitrogen and oxygen atoms in total. The number of nitrogens with one attached hydrogen (secondary N) is 1. The number of urea groups is 1. The summed E-state index contributed by atoms with van der Waals surface area (Å²) in [5, 5.41) is 3.32. The lowest BCUT2D eigenvalue weighted by Gasteiger charge is -2.34. The molecule has 2 aliphatic carbocycles. The zero-order valence-electron chi connectivity index (χ0n) is 14.2. The van der Waals surface area contributed by atoms with Gasteiger partial charge in [0.15, 0.2) is 0 Å². The van der Waals surface area contributed by atoms with Gasteiger partial charge in [-0.25, -0.2) is 4.79 Å². The lowest BCUT2D eigenvalue weighted by molar-refractivity contribution is -0.00204. The predicted molar refractivity (Wildman–Crippen MR) is 91.4 cm³/mol. The van der Waals surface area contributed by atoms with E-state index >= 15 is 0 Å². The van der Waals surface area contributed by atoms with E-state index < -0.39 is 0 Å². The number of rotatable bonds is 6. The van der Waals surface area contributed by atoms with Gasteiger partial charge in [-0.2, -0.15) is 0 Å². The summed E-state index contributed by atoms with van der Waals surface area (Å²) in [5.74, 6) is 1.48. The first-order valence-electron chi connectivity index (χ1n) is 9.36. The van der Waals surface area contributed by atoms with Crippen molar-refractivity contribution in [1.82, 2.24) is 15.2 Å². The van der Waals surface area contributed by atoms with E-state index in [4.69, 9.17) is 4.74 Å². The van der Waals surface area contributed by atoms with Crippen LogP contribution in [0.25, 0.3) is 0 Å². The number of carbonyl (C=O) groups is 1. The van der Waals surface area contributed by atoms with Crippen molar-refractivity contribution in [2.75, 3.05) is 13.1 Å². The number of hydrogen-bond acceptors (Lipinski definition) is 3. The first kappa shape index (κ1) is 15.9. The summed E-state index contributed by atoms with van der Waals surface area (Å²) >= 11 is 0. The second kappa shape index (κ2) is 7.09. The van der Waals surface area contributed by atoms with Crippen molar-refractivity contribution in [2.24, 2.45) is 11.8 Å². The Hall–Kier alpha value is -1.62. The molecule has 0 radical (unpaired) electrons. The molecule has 0 spiro atoms. The summed E-state index contributed by atoms with van der Waals surface area (Å²) in [4.78, 5) is 18.9. The zero-order valence-corrected chi connectivity index (χ0v) is 14.2. The molecule has 2 heterocycles. The molecule has 1 aromatic heterocycles. The molecule has 1 aliphatic heterocycles. The van der Waals surface area contributed by atoms with E-state index in [1.807, 2.05) is 23.1 Å². The van der Waals surface area contributed by atoms with Crippen LogP contribution < -0.4 is 5.32 Å². The van der Waals surface area contributed by atoms with Crippen LogP contribution in [0.1, 0.15) is 44.2 Å². The zero-order chi connectivity index (χ0) is 16.4. The summed E-state index contributed by atoms with van der Waals surface area (Å²) < 4.78 is 5.99. The second-order valence-electron chi connectivity index (χ2n) is 7.49. The van der Waals surface area contributed by atoms with Gasteiger partial charge in [0.2, 0.25) is 0 Å². The van der Waals surface area contributed by atoms with E-state index in [-0.39, 0.29) is 12.1 Å². The fourth-order valence-corrected chi connectivity index (χ4v) is 3.71. The SMILES string of the molecule is O=C(NC(C1CC1)C1CC1)N1CCC[C@@H](OCc2ccccn2)C1. The van der Waals surface area contributed by atoms with Gasteiger partial charge in [-0.3, -0.25) is 4.98 Å². The van der Waals surface area contributed by atoms with E-state index in [2.05, 4.69) is 10.3 Å². The minimum atomic E-state index is 0.116. The molecule has 1 aromatic rings. The van der Waals surface area contributed by atoms with Crippen LogP contribution in [0.5, 0.6) is 0 Å². The quantitative estimate of drug-likeness (QED) is 0.873. The van der Waals surface area contributed by atoms with Gasteiger partial charge in [0.25, 0.3) is 0 Å². The van der Waals surface area contributed by atoms with Crippen LogP contribution in [0.4, 0.5) is 4.79 Å². The van der Waals surface area contributed by atoms with Gasteiger partial charge in [-0.1, -0.05) is 6.07 Å². The van der Waals surface area contributed by atoms with Crippen LogP contribution in [-0.2, 0) is 11.3 Å². The number of piperidine rings is 1. The summed E-state index contributed by atoms with van der Waals surface area (Å²) in [7, 11) is 0. The number of ether oxygens (including phenoxy) is 1. The fourth-order valence-electron chi connectivity index (χ4n) is 3.71. The number of amides is 2. The minimum absolute atomic E-state index is 0.116. The molecule has 0 aromatic carbocycles. The van der Waals surface area contributed by atoms with Gasteiger partial charge >= 0.3 is 6.03 Å². The molecule has 2 amide bonds. The number of carbonyl (C=O) groups excluding carboxylic acids is 1. The second-order valence-corrected chi connectivity index (χ2v) is 7.49. The third-order valence-corrected chi connectivity index (χ3v) is 5.41. The van der Waals surface area contributed by atoms with Crippen LogP contribution in [0.3, 0.4) is 0 Å². The topological polar surface area (TPSA) is 54.5 Å². The van der Waals surface area contributed by atoms with Gasteiger partial charge in [-0.15, -0.1) is 0 Å². The number of hydrogen-bond donors (Lipinski definition) is 1. The Morgan fingerprint density at radius 2 is 2.04 bits per heavy atom. The molecule has 1 atom stereocenters. The molecule has 3 aliphatic rings. The van der Waals surface area contributed by atoms with Crippen molar-refractivity contribution < 1.29 is 9.53 Å². The maximum Gasteiger partial charge on any atom is 0.317 e. The molecule has 0 unspecified atom stereocenters. The Labute approximate surface area is 143 Å². The van der Waals surface area contributed by atoms with E-state index in [1.165, 1.54) is 25.7 Å². The summed E-state index contributed by atoms with van der Waals surface area (Å²) in [6, 6.07) is 6.40. The highest BCUT2D eigenvalue weighted by atomic mass is 16.5. The van der Waals surface area contributed by atoms with E-state index in [9.17, 15) is 4.79 Å². The van der Waals surface area contributed by atoms with Gasteiger partial charge in [0, 0.05) is 25.3 Å². The number of pyridine rings is 1. The van der Waals surface area contributed by atoms with Crippen LogP contribution in [-0.4, -0.2) is 41.2 Å². The average Bonchev–Trinajstić information content (AvgIpc) is 3.52. The molecule has 1 N–H and O–H groups in total. The molecule has 2 saturated carbocycles. The Morgan fingerprint density at radius 1 is 1.25 bits per heavy atom. The Bertz CT molecular complexity index is 545. The summed E-state index contributed by atoms with van der Waals surface area (Å²) in [6.07, 6.45) is 9.09. The predicted octanol–water partition coefficient (Wildman–Crippen LogP) is 2.96. The van der Waals surface area contributed by atoms with E-state index in [0.717, 1.165) is 36.9 Å². The van der Waals surface area contributed by atoms with Crippen molar-refractivity contribution >= 4 is 6.03 Å². The first-order chi connectivity index (χ1) is 11.8. The van der Waals surface area contributed by atoms with Crippen LogP contribution >= 0.6 is 0 Å². The smallest absolute Gasteiger partial charge is 0.317 e. The minimum Gasteiger partial charge on any atom is -0.370 e. The van der Waals surface area contributed by atoms with Crippen LogP contribution in [0, 0.1) is 11.8 Å². The fraction of sp³-hybridized carbons (Fsp3) is 0.684. The van der Waals surface area contributed by atoms with Crippen molar-refractivity contribution in [3.8, 4) is 0 Å². The van der Waals surface area contributed by atoms with Gasteiger partial charge in [0.05, 0.1) is 18.4 Å². The third-order valence-electron chi connectivity index (χ3n) is 5.41. The maximum atomic E-state index is 12.6. The van der Waals surface area contributed by atoms with E-state index in [0.29, 0.717) is 19.2 Å². The normalized spacial score (nSPS) is 24.2. The van der Waals surface area contributed by atoms with Crippen molar-refractivity contribution in [3.05, 3.63) is 30.1 Å². The van der Waals surface area contributed by atoms with Crippen molar-refractivity contribution in [2.45, 2.75) is 57.3 Å². The Morgan fingerprint density at radius 3 is 2.71 bits per heavy atom. The highest BCUT2D eigenvalue weighted by Gasteiger charge is 2.42. The Balaban J connectivity index is 1.27. The van der Waals surface area contributed by atoms with Crippen LogP contribution in [0.2, 0.25) is 0 Å². The summed E-state index contributed by atoms with van der Waals surface area (Å²) in [5.41, 5.74) is 0.946. The molecule has 0 bridgehead atoms. The lowest BCUT2D eigenvalue weighted by Crippen LogP contribution is -2.51. The van der Waals surface area contributed by atoms with Gasteiger partial charge in [0.1, 0.15) is 0 Å². The molecular formula is C19H27N3O2. The highest BCUT2D eigenvalue weighted by molar-refractivity contribution is 5.74. The highest BCUT2D eigenvalue weighted by Crippen LogP contribution is 2.44. The molecule has 4 rings (SSSR count). The molecule has 24 heavy (non-hydrogen) atoms. The van der Waals surface area contributed by atoms with Gasteiger partial charge in [-0.05, 0) is 62.5 Å². The van der Waals surface area contributed by atoms with E-state index in [1.54, 1.807) is 6.20 Å². The lowest BCUT2D eigenvalue weighted by atomic mass is 10.1. The number of aromatic nitrogens is 1. The molecule has 130 valence electrons. The van der Waals surface area contributed by atoms with Crippen LogP contribution in [0.15, 0.2) is 24.4 Å². The third kappa shape index (κ3) is 4.07. The van der Waals surface area contributed by atoms with Gasteiger partial charge < -0.3 is 15.0 Å². The average molecular weight is 329 g/mol. The molecule has 1 saturated heterocycles. The maximum absolute atomic E-state index is 12.6. The molecular weight excluding hydrogens is 302 g/mol. The summed E-state index contributed by atoms with van der Waals surface area (Å²) in [6.45, 7) is 2.06. The van der Waals surface area contributed by atoms with Crippen molar-refractivity contribution in [3.63, 3.8) is 0 Å². The number of nitrogens with zero attached hydrogens (tertiary/aromatic N) is 2. The molecule has 3 fully saturated rings. The first-order valence-corrected chi connectivity index (χ1v) is 9.36. The molecule has 5 heteroatoms. The standard InChI is InChI=1S/C19H27N3O2/c23-19(21-18(14-6-7-14)15-8-9-15)22-11-3-5-17(12-22)24-13-16-4-1-2-10-20-16/h1-2,4,10,14-15,17-18H,3,5-9,11-13H2,(H,21,23)/t17-/m1/s1. The Kier molecular flexibility index (Phi) is 4.69. The monoisotopic (exact) mass is 329 g/mol. The largest absolute Gasteiger partial charge is 0.370 e. The number of likely N-dealkylation sites (tertiary alicyclic amines) is 1.